The maximum atomic E-state index is 12.7. The Labute approximate surface area is 142 Å². The number of benzene rings is 2. The van der Waals surface area contributed by atoms with Crippen molar-refractivity contribution in [2.24, 2.45) is 11.1 Å². The van der Waals surface area contributed by atoms with Crippen molar-refractivity contribution in [3.8, 4) is 0 Å². The molecule has 0 spiro atoms. The summed E-state index contributed by atoms with van der Waals surface area (Å²) in [4.78, 5) is -0.387. The molecule has 0 amide bonds. The highest BCUT2D eigenvalue weighted by Gasteiger charge is 2.24. The van der Waals surface area contributed by atoms with Crippen LogP contribution in [-0.2, 0) is 20.0 Å². The summed E-state index contributed by atoms with van der Waals surface area (Å²) in [6.07, 6.45) is 0. The molecule has 2 aromatic rings. The summed E-state index contributed by atoms with van der Waals surface area (Å²) in [6, 6.07) is 13.8. The third-order valence-electron chi connectivity index (χ3n) is 3.55. The Kier molecular flexibility index (Phi) is 5.44. The number of nitrogens with two attached hydrogens (primary N) is 1. The van der Waals surface area contributed by atoms with Crippen LogP contribution < -0.4 is 9.86 Å². The Morgan fingerprint density at radius 2 is 1.46 bits per heavy atom. The van der Waals surface area contributed by atoms with Crippen molar-refractivity contribution in [1.29, 1.82) is 0 Å². The number of primary sulfonamides is 1. The Bertz CT molecular complexity index is 908. The van der Waals surface area contributed by atoms with Crippen molar-refractivity contribution in [1.82, 2.24) is 4.72 Å². The van der Waals surface area contributed by atoms with Gasteiger partial charge < -0.3 is 0 Å². The highest BCUT2D eigenvalue weighted by atomic mass is 32.2. The number of hydrogen-bond acceptors (Lipinski definition) is 4. The van der Waals surface area contributed by atoms with Gasteiger partial charge in [-0.15, -0.1) is 0 Å². The van der Waals surface area contributed by atoms with Gasteiger partial charge in [0.05, 0.1) is 9.79 Å². The molecule has 8 heteroatoms. The molecule has 0 saturated heterocycles. The van der Waals surface area contributed by atoms with E-state index in [1.54, 1.807) is 0 Å². The molecular weight excluding hydrogens is 348 g/mol. The van der Waals surface area contributed by atoms with Crippen molar-refractivity contribution in [3.05, 3.63) is 60.2 Å². The fraction of sp³-hybridized carbons (Fsp3) is 0.250. The third kappa shape index (κ3) is 4.41. The smallest absolute Gasteiger partial charge is 0.225 e. The minimum absolute atomic E-state index is 0.00333. The van der Waals surface area contributed by atoms with E-state index in [1.807, 2.05) is 44.2 Å². The summed E-state index contributed by atoms with van der Waals surface area (Å²) in [5.74, 6) is 0.00333. The maximum absolute atomic E-state index is 12.7. The van der Waals surface area contributed by atoms with Crippen molar-refractivity contribution < 1.29 is 16.8 Å². The van der Waals surface area contributed by atoms with Crippen LogP contribution in [-0.4, -0.2) is 16.8 Å². The lowest BCUT2D eigenvalue weighted by atomic mass is 9.97. The van der Waals surface area contributed by atoms with Gasteiger partial charge in [0.25, 0.3) is 0 Å². The van der Waals surface area contributed by atoms with Crippen LogP contribution in [0, 0.1) is 5.92 Å². The minimum Gasteiger partial charge on any atom is -0.225 e. The zero-order valence-corrected chi connectivity index (χ0v) is 15.0. The molecule has 0 aromatic heterocycles. The number of sulfonamides is 2. The van der Waals surface area contributed by atoms with Crippen molar-refractivity contribution >= 4 is 20.0 Å². The van der Waals surface area contributed by atoms with Gasteiger partial charge in [-0.2, -0.15) is 0 Å². The molecule has 0 radical (unpaired) electrons. The molecule has 2 aromatic carbocycles. The van der Waals surface area contributed by atoms with Gasteiger partial charge in [0.2, 0.25) is 20.0 Å². The molecule has 2 rings (SSSR count). The molecule has 0 aliphatic rings. The summed E-state index contributed by atoms with van der Waals surface area (Å²) >= 11 is 0. The van der Waals surface area contributed by atoms with E-state index < -0.39 is 26.1 Å². The summed E-state index contributed by atoms with van der Waals surface area (Å²) in [5, 5.41) is 5.07. The first-order valence-corrected chi connectivity index (χ1v) is 10.3. The van der Waals surface area contributed by atoms with Gasteiger partial charge >= 0.3 is 0 Å². The predicted octanol–water partition coefficient (Wildman–Crippen LogP) is 2.01. The van der Waals surface area contributed by atoms with Crippen molar-refractivity contribution in [2.75, 3.05) is 0 Å². The van der Waals surface area contributed by atoms with Gasteiger partial charge in [-0.1, -0.05) is 50.2 Å². The molecule has 0 heterocycles. The largest absolute Gasteiger partial charge is 0.241 e. The summed E-state index contributed by atoms with van der Waals surface area (Å²) in [5.41, 5.74) is 0.832. The summed E-state index contributed by atoms with van der Waals surface area (Å²) < 4.78 is 50.8. The molecular formula is C16H20N2O4S2. The average molecular weight is 368 g/mol. The Morgan fingerprint density at radius 1 is 0.875 bits per heavy atom. The van der Waals surface area contributed by atoms with Gasteiger partial charge in [0.15, 0.2) is 0 Å². The zero-order chi connectivity index (χ0) is 18.0. The Morgan fingerprint density at radius 3 is 2.00 bits per heavy atom. The predicted molar refractivity (Wildman–Crippen MR) is 92.2 cm³/mol. The van der Waals surface area contributed by atoms with Crippen LogP contribution in [0.5, 0.6) is 0 Å². The van der Waals surface area contributed by atoms with Gasteiger partial charge in [-0.3, -0.25) is 0 Å². The maximum Gasteiger partial charge on any atom is 0.241 e. The standard InChI is InChI=1S/C16H20N2O4S2/c1-12(2)16(13-7-4-3-5-8-13)18-24(21,22)15-10-6-9-14(11-15)23(17,19)20/h3-12,16,18H,1-2H3,(H2,17,19,20). The third-order valence-corrected chi connectivity index (χ3v) is 5.90. The highest BCUT2D eigenvalue weighted by Crippen LogP contribution is 2.24. The average Bonchev–Trinajstić information content (AvgIpc) is 2.52. The van der Waals surface area contributed by atoms with E-state index in [0.29, 0.717) is 0 Å². The molecule has 0 fully saturated rings. The molecule has 0 aliphatic heterocycles. The molecule has 6 nitrogen and oxygen atoms in total. The molecule has 1 atom stereocenters. The molecule has 1 unspecified atom stereocenters. The zero-order valence-electron chi connectivity index (χ0n) is 13.4. The lowest BCUT2D eigenvalue weighted by Crippen LogP contribution is -2.32. The quantitative estimate of drug-likeness (QED) is 0.813. The second-order valence-electron chi connectivity index (χ2n) is 5.77. The normalized spacial score (nSPS) is 13.8. The van der Waals surface area contributed by atoms with Crippen LogP contribution in [0.1, 0.15) is 25.5 Å². The first-order valence-electron chi connectivity index (χ1n) is 7.31. The molecule has 130 valence electrons. The fourth-order valence-electron chi connectivity index (χ4n) is 2.30. The van der Waals surface area contributed by atoms with E-state index in [4.69, 9.17) is 5.14 Å². The molecule has 3 N–H and O–H groups in total. The number of rotatable bonds is 6. The fourth-order valence-corrected chi connectivity index (χ4v) is 4.36. The second-order valence-corrected chi connectivity index (χ2v) is 9.05. The van der Waals surface area contributed by atoms with Crippen LogP contribution in [0.2, 0.25) is 0 Å². The van der Waals surface area contributed by atoms with E-state index in [1.165, 1.54) is 18.2 Å². The van der Waals surface area contributed by atoms with E-state index in [2.05, 4.69) is 4.72 Å². The Balaban J connectivity index is 2.40. The number of nitrogens with one attached hydrogen (secondary N) is 1. The van der Waals surface area contributed by atoms with Crippen LogP contribution in [0.15, 0.2) is 64.4 Å². The molecule has 0 aliphatic carbocycles. The minimum atomic E-state index is -3.97. The van der Waals surface area contributed by atoms with Gasteiger partial charge in [0, 0.05) is 6.04 Å². The topological polar surface area (TPSA) is 106 Å². The van der Waals surface area contributed by atoms with Crippen molar-refractivity contribution in [2.45, 2.75) is 29.7 Å². The van der Waals surface area contributed by atoms with Crippen LogP contribution in [0.25, 0.3) is 0 Å². The van der Waals surface area contributed by atoms with Gasteiger partial charge in [0.1, 0.15) is 0 Å². The van der Waals surface area contributed by atoms with Crippen molar-refractivity contribution in [3.63, 3.8) is 0 Å². The SMILES string of the molecule is CC(C)C(NS(=O)(=O)c1cccc(S(N)(=O)=O)c1)c1ccccc1. The lowest BCUT2D eigenvalue weighted by Gasteiger charge is -2.23. The summed E-state index contributed by atoms with van der Waals surface area (Å²) in [7, 11) is -7.88. The van der Waals surface area contributed by atoms with Crippen LogP contribution in [0.4, 0.5) is 0 Å². The van der Waals surface area contributed by atoms with E-state index in [0.717, 1.165) is 11.6 Å². The van der Waals surface area contributed by atoms with E-state index in [-0.39, 0.29) is 15.7 Å². The highest BCUT2D eigenvalue weighted by molar-refractivity contribution is 7.90. The van der Waals surface area contributed by atoms with Crippen LogP contribution >= 0.6 is 0 Å². The van der Waals surface area contributed by atoms with Crippen LogP contribution in [0.3, 0.4) is 0 Å². The monoisotopic (exact) mass is 368 g/mol. The first-order chi connectivity index (χ1) is 11.1. The molecule has 24 heavy (non-hydrogen) atoms. The van der Waals surface area contributed by atoms with Gasteiger partial charge in [-0.25, -0.2) is 26.7 Å². The number of hydrogen-bond donors (Lipinski definition) is 2. The van der Waals surface area contributed by atoms with E-state index in [9.17, 15) is 16.8 Å². The van der Waals surface area contributed by atoms with E-state index >= 15 is 0 Å². The summed E-state index contributed by atoms with van der Waals surface area (Å²) in [6.45, 7) is 3.81. The molecule has 0 saturated carbocycles. The first kappa shape index (κ1) is 18.6. The molecule has 0 bridgehead atoms. The lowest BCUT2D eigenvalue weighted by molar-refractivity contribution is 0.463. The Hall–Kier alpha value is -1.74. The van der Waals surface area contributed by atoms with Gasteiger partial charge in [-0.05, 0) is 29.7 Å². The second kappa shape index (κ2) is 7.02.